The average Bonchev–Trinajstić information content (AvgIpc) is 3.15. The Hall–Kier alpha value is -2.42. The van der Waals surface area contributed by atoms with Crippen molar-refractivity contribution in [3.8, 4) is 5.69 Å². The lowest BCUT2D eigenvalue weighted by Crippen LogP contribution is -2.23. The number of benzene rings is 2. The number of nitrogens with zero attached hydrogens (tertiary/aromatic N) is 2. The smallest absolute Gasteiger partial charge is 0.267 e. The minimum Gasteiger partial charge on any atom is -0.324 e. The van der Waals surface area contributed by atoms with E-state index in [1.807, 2.05) is 56.3 Å². The first kappa shape index (κ1) is 25.7. The summed E-state index contributed by atoms with van der Waals surface area (Å²) in [6.07, 6.45) is 2.86. The Balaban J connectivity index is 1.71. The lowest BCUT2D eigenvalue weighted by Gasteiger charge is -2.13. The third-order valence-corrected chi connectivity index (χ3v) is 8.68. The van der Waals surface area contributed by atoms with Crippen LogP contribution in [0.1, 0.15) is 41.8 Å². The predicted octanol–water partition coefficient (Wildman–Crippen LogP) is 7.07. The minimum absolute atomic E-state index is 0.0838. The number of amides is 1. The molecule has 0 saturated carbocycles. The Morgan fingerprint density at radius 2 is 1.89 bits per heavy atom. The van der Waals surface area contributed by atoms with Crippen molar-refractivity contribution >= 4 is 60.8 Å². The van der Waals surface area contributed by atoms with Gasteiger partial charge < -0.3 is 5.32 Å². The molecule has 2 aromatic carbocycles. The highest BCUT2D eigenvalue weighted by molar-refractivity contribution is 9.10. The van der Waals surface area contributed by atoms with Crippen molar-refractivity contribution in [2.75, 3.05) is 11.1 Å². The molecule has 0 radical (unpaired) electrons. The van der Waals surface area contributed by atoms with Crippen molar-refractivity contribution < 1.29 is 4.79 Å². The van der Waals surface area contributed by atoms with Crippen LogP contribution >= 0.6 is 39.0 Å². The minimum atomic E-state index is -0.157. The lowest BCUT2D eigenvalue weighted by molar-refractivity contribution is -0.113. The summed E-state index contributed by atoms with van der Waals surface area (Å²) in [5.74, 6) is -0.0203. The molecule has 0 unspecified atom stereocenters. The molecule has 0 aliphatic carbocycles. The number of anilines is 1. The molecule has 1 amide bonds. The van der Waals surface area contributed by atoms with Crippen molar-refractivity contribution in [2.45, 2.75) is 52.1 Å². The molecule has 1 N–H and O–H groups in total. The number of nitrogens with one attached hydrogen (secondary N) is 1. The molecule has 0 spiro atoms. The van der Waals surface area contributed by atoms with Crippen molar-refractivity contribution in [3.63, 3.8) is 0 Å². The Kier molecular flexibility index (Phi) is 8.14. The number of carbonyl (C=O) groups is 1. The van der Waals surface area contributed by atoms with Gasteiger partial charge in [-0.15, -0.1) is 11.3 Å². The lowest BCUT2D eigenvalue weighted by atomic mass is 10.1. The second-order valence-corrected chi connectivity index (χ2v) is 11.3. The van der Waals surface area contributed by atoms with E-state index in [4.69, 9.17) is 4.98 Å². The molecule has 0 aliphatic heterocycles. The maximum atomic E-state index is 13.8. The normalized spacial score (nSPS) is 11.2. The molecule has 2 heterocycles. The van der Waals surface area contributed by atoms with Crippen LogP contribution in [0.25, 0.3) is 15.9 Å². The van der Waals surface area contributed by atoms with Crippen LogP contribution in [-0.2, 0) is 17.6 Å². The van der Waals surface area contributed by atoms with E-state index < -0.39 is 0 Å². The molecular weight excluding hydrogens is 542 g/mol. The fraction of sp³-hybridized carbons (Fsp3) is 0.296. The summed E-state index contributed by atoms with van der Waals surface area (Å²) in [5, 5.41) is 4.14. The molecule has 4 rings (SSSR count). The van der Waals surface area contributed by atoms with E-state index in [0.717, 1.165) is 51.1 Å². The number of fused-ring (bicyclic) bond motifs is 1. The van der Waals surface area contributed by atoms with Crippen LogP contribution in [0.3, 0.4) is 0 Å². The van der Waals surface area contributed by atoms with E-state index in [1.54, 1.807) is 15.9 Å². The van der Waals surface area contributed by atoms with Crippen LogP contribution in [-0.4, -0.2) is 21.2 Å². The summed E-state index contributed by atoms with van der Waals surface area (Å²) in [4.78, 5) is 33.4. The fourth-order valence-corrected chi connectivity index (χ4v) is 6.64. The van der Waals surface area contributed by atoms with Gasteiger partial charge in [-0.25, -0.2) is 4.98 Å². The number of hydrogen-bond acceptors (Lipinski definition) is 5. The molecule has 35 heavy (non-hydrogen) atoms. The summed E-state index contributed by atoms with van der Waals surface area (Å²) in [6.45, 7) is 8.25. The van der Waals surface area contributed by atoms with Gasteiger partial charge in [0, 0.05) is 9.35 Å². The highest BCUT2D eigenvalue weighted by Crippen LogP contribution is 2.31. The molecule has 0 aliphatic rings. The zero-order valence-electron chi connectivity index (χ0n) is 20.3. The molecule has 0 atom stereocenters. The first-order valence-electron chi connectivity index (χ1n) is 11.7. The van der Waals surface area contributed by atoms with Gasteiger partial charge >= 0.3 is 0 Å². The summed E-state index contributed by atoms with van der Waals surface area (Å²) in [7, 11) is 0. The summed E-state index contributed by atoms with van der Waals surface area (Å²) < 4.78 is 2.48. The number of thiophene rings is 1. The molecular formula is C27H28BrN3O2S2. The van der Waals surface area contributed by atoms with Gasteiger partial charge in [-0.3, -0.25) is 14.2 Å². The van der Waals surface area contributed by atoms with Gasteiger partial charge in [-0.2, -0.15) is 0 Å². The van der Waals surface area contributed by atoms with Crippen LogP contribution in [0.15, 0.2) is 56.9 Å². The van der Waals surface area contributed by atoms with Crippen LogP contribution in [0.2, 0.25) is 0 Å². The standard InChI is InChI=1S/C27H28BrN3O2S2/c1-5-7-22-17(4)24-25(35-22)30-27(31(26(24)33)19-11-9-18(6-2)10-12-19)34-15-23(32)29-21-13-8-16(3)14-20(21)28/h8-14H,5-7,15H2,1-4H3,(H,29,32). The number of thioether (sulfide) groups is 1. The van der Waals surface area contributed by atoms with Gasteiger partial charge in [0.05, 0.1) is 22.5 Å². The van der Waals surface area contributed by atoms with Gasteiger partial charge in [-0.1, -0.05) is 50.2 Å². The third-order valence-electron chi connectivity index (χ3n) is 5.84. The van der Waals surface area contributed by atoms with Crippen LogP contribution < -0.4 is 10.9 Å². The number of aryl methyl sites for hydroxylation is 4. The maximum absolute atomic E-state index is 13.8. The van der Waals surface area contributed by atoms with E-state index in [0.29, 0.717) is 10.5 Å². The van der Waals surface area contributed by atoms with E-state index in [-0.39, 0.29) is 17.2 Å². The first-order chi connectivity index (χ1) is 16.8. The number of rotatable bonds is 8. The van der Waals surface area contributed by atoms with Crippen molar-refractivity contribution in [3.05, 3.63) is 78.9 Å². The molecule has 0 saturated heterocycles. The predicted molar refractivity (Wildman–Crippen MR) is 152 cm³/mol. The Morgan fingerprint density at radius 3 is 2.54 bits per heavy atom. The molecule has 8 heteroatoms. The first-order valence-corrected chi connectivity index (χ1v) is 14.2. The SMILES string of the molecule is CCCc1sc2nc(SCC(=O)Nc3ccc(C)cc3Br)n(-c3ccc(CC)cc3)c(=O)c2c1C. The highest BCUT2D eigenvalue weighted by atomic mass is 79.9. The zero-order chi connectivity index (χ0) is 25.1. The number of hydrogen-bond donors (Lipinski definition) is 1. The van der Waals surface area contributed by atoms with Crippen LogP contribution in [0.4, 0.5) is 5.69 Å². The Labute approximate surface area is 222 Å². The van der Waals surface area contributed by atoms with Crippen molar-refractivity contribution in [1.29, 1.82) is 0 Å². The largest absolute Gasteiger partial charge is 0.324 e. The third kappa shape index (κ3) is 5.55. The quantitative estimate of drug-likeness (QED) is 0.182. The Morgan fingerprint density at radius 1 is 1.14 bits per heavy atom. The summed E-state index contributed by atoms with van der Waals surface area (Å²) in [5.41, 5.74) is 4.71. The fourth-order valence-electron chi connectivity index (χ4n) is 3.92. The van der Waals surface area contributed by atoms with E-state index in [9.17, 15) is 9.59 Å². The van der Waals surface area contributed by atoms with Crippen LogP contribution in [0.5, 0.6) is 0 Å². The molecule has 4 aromatic rings. The topological polar surface area (TPSA) is 64.0 Å². The maximum Gasteiger partial charge on any atom is 0.267 e. The molecule has 5 nitrogen and oxygen atoms in total. The number of carbonyl (C=O) groups excluding carboxylic acids is 1. The molecule has 0 bridgehead atoms. The van der Waals surface area contributed by atoms with E-state index in [2.05, 4.69) is 35.1 Å². The van der Waals surface area contributed by atoms with Crippen molar-refractivity contribution in [1.82, 2.24) is 9.55 Å². The highest BCUT2D eigenvalue weighted by Gasteiger charge is 2.20. The van der Waals surface area contributed by atoms with Crippen molar-refractivity contribution in [2.24, 2.45) is 0 Å². The summed E-state index contributed by atoms with van der Waals surface area (Å²) in [6, 6.07) is 13.8. The van der Waals surface area contributed by atoms with Gasteiger partial charge in [0.1, 0.15) is 4.83 Å². The molecule has 182 valence electrons. The van der Waals surface area contributed by atoms with E-state index >= 15 is 0 Å². The van der Waals surface area contributed by atoms with E-state index in [1.165, 1.54) is 22.2 Å². The second kappa shape index (κ2) is 11.1. The molecule has 0 fully saturated rings. The van der Waals surface area contributed by atoms with Gasteiger partial charge in [-0.05, 0) is 83.6 Å². The number of aromatic nitrogens is 2. The Bertz CT molecular complexity index is 1440. The van der Waals surface area contributed by atoms with Gasteiger partial charge in [0.15, 0.2) is 5.16 Å². The van der Waals surface area contributed by atoms with Gasteiger partial charge in [0.25, 0.3) is 5.56 Å². The summed E-state index contributed by atoms with van der Waals surface area (Å²) >= 11 is 6.37. The zero-order valence-corrected chi connectivity index (χ0v) is 23.5. The molecule has 2 aromatic heterocycles. The monoisotopic (exact) mass is 569 g/mol. The van der Waals surface area contributed by atoms with Gasteiger partial charge in [0.2, 0.25) is 5.91 Å². The number of halogens is 1. The average molecular weight is 571 g/mol. The van der Waals surface area contributed by atoms with Crippen LogP contribution in [0, 0.1) is 13.8 Å². The second-order valence-electron chi connectivity index (χ2n) is 8.46.